The van der Waals surface area contributed by atoms with Gasteiger partial charge in [-0.05, 0) is 36.7 Å². The van der Waals surface area contributed by atoms with E-state index < -0.39 is 0 Å². The Morgan fingerprint density at radius 3 is 2.71 bits per heavy atom. The van der Waals surface area contributed by atoms with Gasteiger partial charge in [0.25, 0.3) is 0 Å². The Bertz CT molecular complexity index is 336. The van der Waals surface area contributed by atoms with E-state index in [1.165, 1.54) is 12.1 Å². The number of halogens is 1. The normalized spacial score (nSPS) is 10.2. The minimum atomic E-state index is -0.357. The predicted molar refractivity (Wildman–Crippen MR) is 53.8 cm³/mol. The van der Waals surface area contributed by atoms with Gasteiger partial charge >= 0.3 is 0 Å². The van der Waals surface area contributed by atoms with Crippen molar-refractivity contribution in [2.45, 2.75) is 19.8 Å². The topological polar surface area (TPSA) is 43.1 Å². The predicted octanol–water partition coefficient (Wildman–Crippen LogP) is 1.92. The second kappa shape index (κ2) is 4.86. The number of aryl methyl sites for hydroxylation is 1. The standard InChI is InChI=1S/C11H14FNO/c1-2-8-5-9(7-10(12)6-8)11(14)3-4-13/h5-7H,2-4,13H2,1H3. The van der Waals surface area contributed by atoms with Gasteiger partial charge in [0, 0.05) is 12.0 Å². The monoisotopic (exact) mass is 195 g/mol. The molecule has 76 valence electrons. The SMILES string of the molecule is CCc1cc(F)cc(C(=O)CCN)c1. The van der Waals surface area contributed by atoms with Crippen LogP contribution >= 0.6 is 0 Å². The number of nitrogens with two attached hydrogens (primary N) is 1. The zero-order chi connectivity index (χ0) is 10.6. The number of benzene rings is 1. The third-order valence-electron chi connectivity index (χ3n) is 2.06. The first-order chi connectivity index (χ1) is 6.67. The van der Waals surface area contributed by atoms with Gasteiger partial charge in [-0.25, -0.2) is 4.39 Å². The van der Waals surface area contributed by atoms with Crippen molar-refractivity contribution in [1.29, 1.82) is 0 Å². The zero-order valence-corrected chi connectivity index (χ0v) is 8.22. The highest BCUT2D eigenvalue weighted by atomic mass is 19.1. The Kier molecular flexibility index (Phi) is 3.77. The fraction of sp³-hybridized carbons (Fsp3) is 0.364. The maximum Gasteiger partial charge on any atom is 0.164 e. The molecule has 0 heterocycles. The minimum absolute atomic E-state index is 0.0956. The summed E-state index contributed by atoms with van der Waals surface area (Å²) >= 11 is 0. The van der Waals surface area contributed by atoms with Crippen molar-refractivity contribution >= 4 is 5.78 Å². The van der Waals surface area contributed by atoms with Gasteiger partial charge in [-0.15, -0.1) is 0 Å². The number of ketones is 1. The van der Waals surface area contributed by atoms with E-state index in [1.807, 2.05) is 6.92 Å². The number of Topliss-reactive ketones (excluding diaryl/α,β-unsaturated/α-hetero) is 1. The summed E-state index contributed by atoms with van der Waals surface area (Å²) in [7, 11) is 0. The van der Waals surface area contributed by atoms with Crippen LogP contribution in [-0.4, -0.2) is 12.3 Å². The largest absolute Gasteiger partial charge is 0.330 e. The van der Waals surface area contributed by atoms with Crippen LogP contribution in [0.15, 0.2) is 18.2 Å². The van der Waals surface area contributed by atoms with Crippen LogP contribution in [0.2, 0.25) is 0 Å². The Morgan fingerprint density at radius 1 is 1.43 bits per heavy atom. The summed E-state index contributed by atoms with van der Waals surface area (Å²) in [5, 5.41) is 0. The molecule has 0 fully saturated rings. The van der Waals surface area contributed by atoms with Gasteiger partial charge in [-0.1, -0.05) is 6.92 Å². The van der Waals surface area contributed by atoms with Gasteiger partial charge in [-0.3, -0.25) is 4.79 Å². The lowest BCUT2D eigenvalue weighted by Crippen LogP contribution is -2.08. The third kappa shape index (κ3) is 2.64. The average Bonchev–Trinajstić information content (AvgIpc) is 2.17. The first-order valence-corrected chi connectivity index (χ1v) is 4.70. The Balaban J connectivity index is 2.96. The summed E-state index contributed by atoms with van der Waals surface area (Å²) in [4.78, 5) is 11.4. The van der Waals surface area contributed by atoms with E-state index in [1.54, 1.807) is 6.07 Å². The lowest BCUT2D eigenvalue weighted by molar-refractivity contribution is 0.0985. The van der Waals surface area contributed by atoms with Crippen LogP contribution in [0, 0.1) is 5.82 Å². The van der Waals surface area contributed by atoms with E-state index in [0.717, 1.165) is 12.0 Å². The number of carbonyl (C=O) groups excluding carboxylic acids is 1. The van der Waals surface area contributed by atoms with Crippen LogP contribution < -0.4 is 5.73 Å². The molecule has 0 unspecified atom stereocenters. The molecule has 3 heteroatoms. The summed E-state index contributed by atoms with van der Waals surface area (Å²) in [5.74, 6) is -0.452. The van der Waals surface area contributed by atoms with Crippen molar-refractivity contribution in [2.75, 3.05) is 6.54 Å². The van der Waals surface area contributed by atoms with Crippen molar-refractivity contribution in [3.8, 4) is 0 Å². The van der Waals surface area contributed by atoms with Crippen LogP contribution in [0.25, 0.3) is 0 Å². The minimum Gasteiger partial charge on any atom is -0.330 e. The molecular formula is C11H14FNO. The molecule has 0 bridgehead atoms. The molecule has 1 aromatic carbocycles. The van der Waals surface area contributed by atoms with Gasteiger partial charge in [0.15, 0.2) is 5.78 Å². The lowest BCUT2D eigenvalue weighted by Gasteiger charge is -2.02. The van der Waals surface area contributed by atoms with Gasteiger partial charge < -0.3 is 5.73 Å². The van der Waals surface area contributed by atoms with Crippen molar-refractivity contribution in [3.63, 3.8) is 0 Å². The smallest absolute Gasteiger partial charge is 0.164 e. The molecule has 0 aromatic heterocycles. The number of hydrogen-bond donors (Lipinski definition) is 1. The van der Waals surface area contributed by atoms with E-state index >= 15 is 0 Å². The Hall–Kier alpha value is -1.22. The van der Waals surface area contributed by atoms with Crippen LogP contribution in [0.4, 0.5) is 4.39 Å². The van der Waals surface area contributed by atoms with Crippen molar-refractivity contribution in [3.05, 3.63) is 35.1 Å². The number of rotatable bonds is 4. The molecule has 0 saturated carbocycles. The van der Waals surface area contributed by atoms with E-state index in [9.17, 15) is 9.18 Å². The lowest BCUT2D eigenvalue weighted by atomic mass is 10.0. The number of carbonyl (C=O) groups is 1. The molecule has 1 aromatic rings. The van der Waals surface area contributed by atoms with Gasteiger partial charge in [0.1, 0.15) is 5.82 Å². The van der Waals surface area contributed by atoms with Crippen LogP contribution in [-0.2, 0) is 6.42 Å². The number of hydrogen-bond acceptors (Lipinski definition) is 2. The quantitative estimate of drug-likeness (QED) is 0.746. The highest BCUT2D eigenvalue weighted by Gasteiger charge is 2.07. The van der Waals surface area contributed by atoms with Gasteiger partial charge in [0.05, 0.1) is 0 Å². The van der Waals surface area contributed by atoms with Crippen LogP contribution in [0.5, 0.6) is 0 Å². The summed E-state index contributed by atoms with van der Waals surface area (Å²) in [6.45, 7) is 2.22. The van der Waals surface area contributed by atoms with Crippen LogP contribution in [0.1, 0.15) is 29.3 Å². The third-order valence-corrected chi connectivity index (χ3v) is 2.06. The fourth-order valence-corrected chi connectivity index (χ4v) is 1.29. The summed E-state index contributed by atoms with van der Waals surface area (Å²) in [6, 6.07) is 4.43. The Morgan fingerprint density at radius 2 is 2.14 bits per heavy atom. The van der Waals surface area contributed by atoms with Crippen LogP contribution in [0.3, 0.4) is 0 Å². The molecule has 2 N–H and O–H groups in total. The molecule has 0 aliphatic rings. The molecule has 0 saturated heterocycles. The van der Waals surface area contributed by atoms with E-state index in [0.29, 0.717) is 12.1 Å². The van der Waals surface area contributed by atoms with Crippen molar-refractivity contribution in [2.24, 2.45) is 5.73 Å². The van der Waals surface area contributed by atoms with Crippen molar-refractivity contribution in [1.82, 2.24) is 0 Å². The first kappa shape index (κ1) is 10.9. The second-order valence-electron chi connectivity index (χ2n) is 3.16. The molecule has 0 aliphatic carbocycles. The summed E-state index contributed by atoms with van der Waals surface area (Å²) in [6.07, 6.45) is 0.993. The van der Waals surface area contributed by atoms with E-state index in [-0.39, 0.29) is 18.0 Å². The molecular weight excluding hydrogens is 181 g/mol. The highest BCUT2D eigenvalue weighted by molar-refractivity contribution is 5.96. The van der Waals surface area contributed by atoms with E-state index in [2.05, 4.69) is 0 Å². The molecule has 1 rings (SSSR count). The fourth-order valence-electron chi connectivity index (χ4n) is 1.29. The molecule has 14 heavy (non-hydrogen) atoms. The molecule has 0 amide bonds. The average molecular weight is 195 g/mol. The molecule has 2 nitrogen and oxygen atoms in total. The Labute approximate surface area is 82.9 Å². The second-order valence-corrected chi connectivity index (χ2v) is 3.16. The first-order valence-electron chi connectivity index (χ1n) is 4.70. The molecule has 0 radical (unpaired) electrons. The zero-order valence-electron chi connectivity index (χ0n) is 8.22. The summed E-state index contributed by atoms with van der Waals surface area (Å²) in [5.41, 5.74) is 6.52. The molecule has 0 atom stereocenters. The van der Waals surface area contributed by atoms with Gasteiger partial charge in [-0.2, -0.15) is 0 Å². The molecule has 0 spiro atoms. The van der Waals surface area contributed by atoms with Gasteiger partial charge in [0.2, 0.25) is 0 Å². The maximum absolute atomic E-state index is 13.0. The molecule has 0 aliphatic heterocycles. The van der Waals surface area contributed by atoms with E-state index in [4.69, 9.17) is 5.73 Å². The highest BCUT2D eigenvalue weighted by Crippen LogP contribution is 2.11. The maximum atomic E-state index is 13.0. The summed E-state index contributed by atoms with van der Waals surface area (Å²) < 4.78 is 13.0. The van der Waals surface area contributed by atoms with Crippen molar-refractivity contribution < 1.29 is 9.18 Å².